The van der Waals surface area contributed by atoms with Crippen LogP contribution in [-0.4, -0.2) is 41.8 Å². The highest BCUT2D eigenvalue weighted by atomic mass is 79.9. The zero-order valence-electron chi connectivity index (χ0n) is 17.3. The van der Waals surface area contributed by atoms with Crippen LogP contribution in [0.3, 0.4) is 0 Å². The predicted molar refractivity (Wildman–Crippen MR) is 127 cm³/mol. The maximum atomic E-state index is 13.1. The number of aliphatic imine (C=N–C) groups is 1. The van der Waals surface area contributed by atoms with Crippen molar-refractivity contribution in [2.75, 3.05) is 19.8 Å². The molecule has 1 saturated heterocycles. The second-order valence-corrected chi connectivity index (χ2v) is 8.71. The van der Waals surface area contributed by atoms with E-state index in [4.69, 9.17) is 9.47 Å². The Kier molecular flexibility index (Phi) is 8.13. The van der Waals surface area contributed by atoms with Gasteiger partial charge in [-0.15, -0.1) is 0 Å². The van der Waals surface area contributed by atoms with Gasteiger partial charge in [-0.1, -0.05) is 24.3 Å². The van der Waals surface area contributed by atoms with Crippen LogP contribution >= 0.6 is 27.7 Å². The molecule has 0 bridgehead atoms. The van der Waals surface area contributed by atoms with Gasteiger partial charge in [-0.3, -0.25) is 9.69 Å². The second-order valence-electron chi connectivity index (χ2n) is 6.85. The Labute approximate surface area is 190 Å². The standard InChI is InChI=1S/C23H25BrN2O3S/c1-4-28-13-12-26-22(27)21(30-23(26)25-18-8-6-5-7-9-18)15-17-10-11-20(19(24)14-17)29-16(2)3/h5-11,14-16H,4,12-13H2,1-3H3/b21-15-,25-23?. The molecule has 0 unspecified atom stereocenters. The summed E-state index contributed by atoms with van der Waals surface area (Å²) in [6.07, 6.45) is 1.98. The fourth-order valence-electron chi connectivity index (χ4n) is 2.81. The van der Waals surface area contributed by atoms with Crippen molar-refractivity contribution in [2.45, 2.75) is 26.9 Å². The van der Waals surface area contributed by atoms with Crippen molar-refractivity contribution in [3.8, 4) is 5.75 Å². The third kappa shape index (κ3) is 5.97. The Morgan fingerprint density at radius 2 is 1.97 bits per heavy atom. The Morgan fingerprint density at radius 3 is 2.63 bits per heavy atom. The summed E-state index contributed by atoms with van der Waals surface area (Å²) in [5.41, 5.74) is 1.73. The van der Waals surface area contributed by atoms with Crippen LogP contribution in [-0.2, 0) is 9.53 Å². The topological polar surface area (TPSA) is 51.1 Å². The first kappa shape index (κ1) is 22.6. The van der Waals surface area contributed by atoms with Crippen LogP contribution in [0, 0.1) is 0 Å². The van der Waals surface area contributed by atoms with Crippen molar-refractivity contribution < 1.29 is 14.3 Å². The quantitative estimate of drug-likeness (QED) is 0.344. The third-order valence-electron chi connectivity index (χ3n) is 4.15. The second kappa shape index (κ2) is 10.8. The SMILES string of the molecule is CCOCCN1C(=O)/C(=C/c2ccc(OC(C)C)c(Br)c2)SC1=Nc1ccccc1. The van der Waals surface area contributed by atoms with E-state index in [1.165, 1.54) is 11.8 Å². The van der Waals surface area contributed by atoms with E-state index in [2.05, 4.69) is 20.9 Å². The molecule has 158 valence electrons. The Hall–Kier alpha value is -2.09. The highest BCUT2D eigenvalue weighted by Crippen LogP contribution is 2.35. The molecule has 1 heterocycles. The molecular formula is C23H25BrN2O3S. The van der Waals surface area contributed by atoms with Gasteiger partial charge in [-0.05, 0) is 84.4 Å². The molecule has 1 aliphatic rings. The molecule has 0 spiro atoms. The van der Waals surface area contributed by atoms with E-state index < -0.39 is 0 Å². The van der Waals surface area contributed by atoms with Crippen LogP contribution in [0.25, 0.3) is 6.08 Å². The number of carbonyl (C=O) groups excluding carboxylic acids is 1. The van der Waals surface area contributed by atoms with Crippen LogP contribution in [0.5, 0.6) is 5.75 Å². The minimum absolute atomic E-state index is 0.0620. The molecule has 5 nitrogen and oxygen atoms in total. The lowest BCUT2D eigenvalue weighted by Gasteiger charge is -2.15. The van der Waals surface area contributed by atoms with Crippen molar-refractivity contribution in [2.24, 2.45) is 4.99 Å². The van der Waals surface area contributed by atoms with E-state index in [0.29, 0.717) is 29.8 Å². The molecule has 0 atom stereocenters. The zero-order chi connectivity index (χ0) is 21.5. The van der Waals surface area contributed by atoms with Gasteiger partial charge < -0.3 is 9.47 Å². The molecule has 2 aromatic carbocycles. The smallest absolute Gasteiger partial charge is 0.266 e. The molecule has 0 aromatic heterocycles. The fraction of sp³-hybridized carbons (Fsp3) is 0.304. The number of hydrogen-bond acceptors (Lipinski definition) is 5. The number of nitrogens with zero attached hydrogens (tertiary/aromatic N) is 2. The number of ether oxygens (including phenoxy) is 2. The minimum Gasteiger partial charge on any atom is -0.490 e. The molecule has 1 aliphatic heterocycles. The van der Waals surface area contributed by atoms with Crippen LogP contribution < -0.4 is 4.74 Å². The third-order valence-corrected chi connectivity index (χ3v) is 5.78. The molecule has 1 fully saturated rings. The lowest BCUT2D eigenvalue weighted by molar-refractivity contribution is -0.122. The molecule has 0 radical (unpaired) electrons. The van der Waals surface area contributed by atoms with Gasteiger partial charge in [0.05, 0.1) is 34.3 Å². The number of thioether (sulfide) groups is 1. The van der Waals surface area contributed by atoms with Crippen molar-refractivity contribution in [1.29, 1.82) is 0 Å². The highest BCUT2D eigenvalue weighted by Gasteiger charge is 2.33. The Bertz CT molecular complexity index is 945. The number of amides is 1. The molecule has 1 amide bonds. The van der Waals surface area contributed by atoms with Crippen LogP contribution in [0.4, 0.5) is 5.69 Å². The van der Waals surface area contributed by atoms with E-state index in [-0.39, 0.29) is 12.0 Å². The molecule has 0 aliphatic carbocycles. The van der Waals surface area contributed by atoms with Crippen LogP contribution in [0.1, 0.15) is 26.3 Å². The minimum atomic E-state index is -0.0620. The Morgan fingerprint density at radius 1 is 1.20 bits per heavy atom. The van der Waals surface area contributed by atoms with Crippen molar-refractivity contribution in [1.82, 2.24) is 4.90 Å². The summed E-state index contributed by atoms with van der Waals surface area (Å²) in [6, 6.07) is 15.5. The molecule has 7 heteroatoms. The van der Waals surface area contributed by atoms with Crippen LogP contribution in [0.2, 0.25) is 0 Å². The summed E-state index contributed by atoms with van der Waals surface area (Å²) in [4.78, 5) is 20.1. The molecule has 2 aromatic rings. The molecule has 0 N–H and O–H groups in total. The van der Waals surface area contributed by atoms with Crippen molar-refractivity contribution in [3.05, 3.63) is 63.5 Å². The monoisotopic (exact) mass is 488 g/mol. The summed E-state index contributed by atoms with van der Waals surface area (Å²) in [6.45, 7) is 7.46. The number of carbonyl (C=O) groups is 1. The number of halogens is 1. The van der Waals surface area contributed by atoms with Gasteiger partial charge in [-0.2, -0.15) is 0 Å². The number of rotatable bonds is 8. The number of benzene rings is 2. The maximum Gasteiger partial charge on any atom is 0.266 e. The van der Waals surface area contributed by atoms with E-state index in [0.717, 1.165) is 21.5 Å². The summed E-state index contributed by atoms with van der Waals surface area (Å²) >= 11 is 4.93. The van der Waals surface area contributed by atoms with E-state index in [1.54, 1.807) is 4.90 Å². The lowest BCUT2D eigenvalue weighted by atomic mass is 10.2. The summed E-state index contributed by atoms with van der Waals surface area (Å²) in [5, 5.41) is 0.663. The van der Waals surface area contributed by atoms with Gasteiger partial charge >= 0.3 is 0 Å². The fourth-order valence-corrected chi connectivity index (χ4v) is 4.32. The lowest BCUT2D eigenvalue weighted by Crippen LogP contribution is -2.32. The van der Waals surface area contributed by atoms with Crippen LogP contribution in [0.15, 0.2) is 62.9 Å². The van der Waals surface area contributed by atoms with Gasteiger partial charge in [0.25, 0.3) is 5.91 Å². The largest absolute Gasteiger partial charge is 0.490 e. The zero-order valence-corrected chi connectivity index (χ0v) is 19.7. The van der Waals surface area contributed by atoms with Gasteiger partial charge in [0, 0.05) is 6.61 Å². The highest BCUT2D eigenvalue weighted by molar-refractivity contribution is 9.10. The normalized spacial score (nSPS) is 16.8. The Balaban J connectivity index is 1.87. The molecule has 0 saturated carbocycles. The molecule has 30 heavy (non-hydrogen) atoms. The van der Waals surface area contributed by atoms with Gasteiger partial charge in [0.1, 0.15) is 5.75 Å². The van der Waals surface area contributed by atoms with Crippen molar-refractivity contribution >= 4 is 50.5 Å². The van der Waals surface area contributed by atoms with Gasteiger partial charge in [0.15, 0.2) is 5.17 Å². The summed E-state index contributed by atoms with van der Waals surface area (Å²) in [5.74, 6) is 0.718. The van der Waals surface area contributed by atoms with E-state index >= 15 is 0 Å². The van der Waals surface area contributed by atoms with E-state index in [9.17, 15) is 4.79 Å². The first-order valence-corrected chi connectivity index (χ1v) is 11.5. The summed E-state index contributed by atoms with van der Waals surface area (Å²) in [7, 11) is 0. The van der Waals surface area contributed by atoms with Crippen molar-refractivity contribution in [3.63, 3.8) is 0 Å². The van der Waals surface area contributed by atoms with Gasteiger partial charge in [-0.25, -0.2) is 4.99 Å². The van der Waals surface area contributed by atoms with Gasteiger partial charge in [0.2, 0.25) is 0 Å². The average Bonchev–Trinajstić information content (AvgIpc) is 2.99. The number of hydrogen-bond donors (Lipinski definition) is 0. The average molecular weight is 489 g/mol. The summed E-state index contributed by atoms with van der Waals surface area (Å²) < 4.78 is 12.1. The molecule has 3 rings (SSSR count). The maximum absolute atomic E-state index is 13.1. The first-order chi connectivity index (χ1) is 14.5. The number of para-hydroxylation sites is 1. The first-order valence-electron chi connectivity index (χ1n) is 9.87. The predicted octanol–water partition coefficient (Wildman–Crippen LogP) is 5.88. The molecular weight excluding hydrogens is 464 g/mol. The number of amidine groups is 1. The van der Waals surface area contributed by atoms with E-state index in [1.807, 2.05) is 75.4 Å².